The molecular formula is C12H15N3. The topological polar surface area (TPSA) is 43.8 Å². The highest BCUT2D eigenvalue weighted by atomic mass is 15.3. The minimum Gasteiger partial charge on any atom is -0.324 e. The average molecular weight is 201 g/mol. The second-order valence-electron chi connectivity index (χ2n) is 3.79. The average Bonchev–Trinajstić information content (AvgIpc) is 2.65. The lowest BCUT2D eigenvalue weighted by Gasteiger charge is -2.07. The van der Waals surface area contributed by atoms with Gasteiger partial charge in [-0.3, -0.25) is 0 Å². The van der Waals surface area contributed by atoms with E-state index in [1.54, 1.807) is 0 Å². The number of hydrogen-bond donors (Lipinski definition) is 1. The van der Waals surface area contributed by atoms with Gasteiger partial charge in [0.25, 0.3) is 0 Å². The van der Waals surface area contributed by atoms with Gasteiger partial charge in [0, 0.05) is 12.2 Å². The van der Waals surface area contributed by atoms with Crippen molar-refractivity contribution in [3.8, 4) is 5.69 Å². The number of rotatable bonds is 2. The number of benzene rings is 1. The summed E-state index contributed by atoms with van der Waals surface area (Å²) in [4.78, 5) is 0. The molecule has 0 aliphatic rings. The smallest absolute Gasteiger partial charge is 0.0648 e. The predicted molar refractivity (Wildman–Crippen MR) is 60.9 cm³/mol. The van der Waals surface area contributed by atoms with Crippen LogP contribution in [0.4, 0.5) is 0 Å². The van der Waals surface area contributed by atoms with Crippen molar-refractivity contribution in [2.24, 2.45) is 5.73 Å². The van der Waals surface area contributed by atoms with Gasteiger partial charge >= 0.3 is 0 Å². The van der Waals surface area contributed by atoms with E-state index in [1.807, 2.05) is 49.0 Å². The second kappa shape index (κ2) is 3.87. The number of nitrogens with zero attached hydrogens (tertiary/aromatic N) is 2. The van der Waals surface area contributed by atoms with Gasteiger partial charge in [-0.15, -0.1) is 0 Å². The van der Waals surface area contributed by atoms with E-state index in [4.69, 9.17) is 5.73 Å². The molecule has 1 atom stereocenters. The van der Waals surface area contributed by atoms with Crippen LogP contribution in [0.25, 0.3) is 5.69 Å². The highest BCUT2D eigenvalue weighted by Gasteiger charge is 2.02. The third-order valence-corrected chi connectivity index (χ3v) is 2.38. The molecule has 2 rings (SSSR count). The summed E-state index contributed by atoms with van der Waals surface area (Å²) in [6.07, 6.45) is 1.95. The van der Waals surface area contributed by atoms with Gasteiger partial charge in [-0.2, -0.15) is 5.10 Å². The molecule has 15 heavy (non-hydrogen) atoms. The highest BCUT2D eigenvalue weighted by Crippen LogP contribution is 2.14. The van der Waals surface area contributed by atoms with Crippen molar-refractivity contribution in [3.63, 3.8) is 0 Å². The van der Waals surface area contributed by atoms with Crippen molar-refractivity contribution >= 4 is 0 Å². The molecule has 3 nitrogen and oxygen atoms in total. The molecule has 0 amide bonds. The summed E-state index contributed by atoms with van der Waals surface area (Å²) in [6.45, 7) is 3.96. The normalized spacial score (nSPS) is 12.7. The number of aryl methyl sites for hydroxylation is 1. The van der Waals surface area contributed by atoms with Crippen LogP contribution in [0.1, 0.15) is 24.2 Å². The summed E-state index contributed by atoms with van der Waals surface area (Å²) >= 11 is 0. The van der Waals surface area contributed by atoms with Crippen LogP contribution in [0, 0.1) is 6.92 Å². The largest absolute Gasteiger partial charge is 0.324 e. The first-order valence-corrected chi connectivity index (χ1v) is 5.05. The Morgan fingerprint density at radius 2 is 2.13 bits per heavy atom. The van der Waals surface area contributed by atoms with E-state index in [1.165, 1.54) is 0 Å². The van der Waals surface area contributed by atoms with Gasteiger partial charge in [0.2, 0.25) is 0 Å². The number of nitrogens with two attached hydrogens (primary N) is 1. The maximum absolute atomic E-state index is 5.84. The van der Waals surface area contributed by atoms with E-state index in [0.29, 0.717) is 0 Å². The molecule has 0 bridgehead atoms. The van der Waals surface area contributed by atoms with Gasteiger partial charge in [0.1, 0.15) is 0 Å². The summed E-state index contributed by atoms with van der Waals surface area (Å²) in [7, 11) is 0. The van der Waals surface area contributed by atoms with Crippen LogP contribution in [0.2, 0.25) is 0 Å². The summed E-state index contributed by atoms with van der Waals surface area (Å²) in [6, 6.07) is 10.2. The Hall–Kier alpha value is -1.61. The van der Waals surface area contributed by atoms with Crippen LogP contribution in [-0.4, -0.2) is 9.78 Å². The van der Waals surface area contributed by atoms with E-state index in [2.05, 4.69) is 11.2 Å². The zero-order chi connectivity index (χ0) is 10.8. The molecule has 2 aromatic rings. The van der Waals surface area contributed by atoms with E-state index in [9.17, 15) is 0 Å². The first-order valence-electron chi connectivity index (χ1n) is 5.05. The van der Waals surface area contributed by atoms with Crippen molar-refractivity contribution in [1.82, 2.24) is 9.78 Å². The molecule has 1 aromatic heterocycles. The Kier molecular flexibility index (Phi) is 2.56. The van der Waals surface area contributed by atoms with Crippen molar-refractivity contribution in [2.75, 3.05) is 0 Å². The fourth-order valence-electron chi connectivity index (χ4n) is 1.51. The minimum atomic E-state index is 0.0570. The van der Waals surface area contributed by atoms with Crippen LogP contribution < -0.4 is 5.73 Å². The molecule has 2 N–H and O–H groups in total. The molecule has 0 unspecified atom stereocenters. The molecule has 0 saturated carbocycles. The third kappa shape index (κ3) is 2.07. The van der Waals surface area contributed by atoms with Crippen LogP contribution in [0.15, 0.2) is 36.5 Å². The number of aromatic nitrogens is 2. The summed E-state index contributed by atoms with van der Waals surface area (Å²) in [5.41, 5.74) is 9.03. The first kappa shape index (κ1) is 9.93. The summed E-state index contributed by atoms with van der Waals surface area (Å²) < 4.78 is 1.86. The molecule has 0 fully saturated rings. The van der Waals surface area contributed by atoms with Gasteiger partial charge in [-0.25, -0.2) is 4.68 Å². The van der Waals surface area contributed by atoms with Crippen molar-refractivity contribution in [2.45, 2.75) is 19.9 Å². The molecule has 1 heterocycles. The Morgan fingerprint density at radius 1 is 1.33 bits per heavy atom. The Balaban J connectivity index is 2.41. The minimum absolute atomic E-state index is 0.0570. The van der Waals surface area contributed by atoms with Crippen molar-refractivity contribution in [3.05, 3.63) is 47.8 Å². The van der Waals surface area contributed by atoms with Gasteiger partial charge in [0.15, 0.2) is 0 Å². The van der Waals surface area contributed by atoms with Crippen LogP contribution in [0.3, 0.4) is 0 Å². The van der Waals surface area contributed by atoms with E-state index in [-0.39, 0.29) is 6.04 Å². The highest BCUT2D eigenvalue weighted by molar-refractivity contribution is 5.36. The lowest BCUT2D eigenvalue weighted by Crippen LogP contribution is -2.06. The molecule has 0 aliphatic carbocycles. The molecule has 0 saturated heterocycles. The van der Waals surface area contributed by atoms with Crippen molar-refractivity contribution < 1.29 is 0 Å². The van der Waals surface area contributed by atoms with Crippen LogP contribution in [-0.2, 0) is 0 Å². The Morgan fingerprint density at radius 3 is 2.73 bits per heavy atom. The molecule has 0 aliphatic heterocycles. The molecule has 1 aromatic carbocycles. The Bertz CT molecular complexity index is 457. The van der Waals surface area contributed by atoms with Gasteiger partial charge in [-0.1, -0.05) is 12.1 Å². The lowest BCUT2D eigenvalue weighted by molar-refractivity contribution is 0.807. The van der Waals surface area contributed by atoms with E-state index >= 15 is 0 Å². The maximum Gasteiger partial charge on any atom is 0.0648 e. The SMILES string of the molecule is Cc1ccn(-c2cccc([C@H](C)N)c2)n1. The second-order valence-corrected chi connectivity index (χ2v) is 3.79. The zero-order valence-corrected chi connectivity index (χ0v) is 9.01. The van der Waals surface area contributed by atoms with Gasteiger partial charge < -0.3 is 5.73 Å². The molecule has 0 spiro atoms. The first-order chi connectivity index (χ1) is 7.16. The fourth-order valence-corrected chi connectivity index (χ4v) is 1.51. The summed E-state index contributed by atoms with van der Waals surface area (Å²) in [5.74, 6) is 0. The van der Waals surface area contributed by atoms with Crippen molar-refractivity contribution in [1.29, 1.82) is 0 Å². The lowest BCUT2D eigenvalue weighted by atomic mass is 10.1. The molecule has 3 heteroatoms. The van der Waals surface area contributed by atoms with Crippen LogP contribution in [0.5, 0.6) is 0 Å². The fraction of sp³-hybridized carbons (Fsp3) is 0.250. The predicted octanol–water partition coefficient (Wildman–Crippen LogP) is 2.20. The Labute approximate surface area is 89.5 Å². The molecular weight excluding hydrogens is 186 g/mol. The van der Waals surface area contributed by atoms with Crippen LogP contribution >= 0.6 is 0 Å². The standard InChI is InChI=1S/C12H15N3/c1-9-6-7-15(14-9)12-5-3-4-11(8-12)10(2)13/h3-8,10H,13H2,1-2H3/t10-/m0/s1. The summed E-state index contributed by atoms with van der Waals surface area (Å²) in [5, 5.41) is 4.36. The van der Waals surface area contributed by atoms with E-state index in [0.717, 1.165) is 16.9 Å². The molecule has 0 radical (unpaired) electrons. The van der Waals surface area contributed by atoms with E-state index < -0.39 is 0 Å². The third-order valence-electron chi connectivity index (χ3n) is 2.38. The maximum atomic E-state index is 5.84. The number of hydrogen-bond acceptors (Lipinski definition) is 2. The monoisotopic (exact) mass is 201 g/mol. The van der Waals surface area contributed by atoms with Gasteiger partial charge in [0.05, 0.1) is 11.4 Å². The van der Waals surface area contributed by atoms with Gasteiger partial charge in [-0.05, 0) is 37.6 Å². The molecule has 78 valence electrons. The quantitative estimate of drug-likeness (QED) is 0.809. The zero-order valence-electron chi connectivity index (χ0n) is 9.01.